The van der Waals surface area contributed by atoms with Gasteiger partial charge in [-0.15, -0.1) is 0 Å². The summed E-state index contributed by atoms with van der Waals surface area (Å²) in [5.41, 5.74) is 4.45. The van der Waals surface area contributed by atoms with Crippen molar-refractivity contribution < 1.29 is 4.39 Å². The highest BCUT2D eigenvalue weighted by Crippen LogP contribution is 2.28. The van der Waals surface area contributed by atoms with Crippen molar-refractivity contribution in [2.24, 2.45) is 29.6 Å². The average Bonchev–Trinajstić information content (AvgIpc) is 2.80. The summed E-state index contributed by atoms with van der Waals surface area (Å²) in [6, 6.07) is 0. The van der Waals surface area contributed by atoms with Crippen LogP contribution in [0.3, 0.4) is 0 Å². The Labute approximate surface area is 212 Å². The molecule has 0 amide bonds. The molecule has 0 aliphatic heterocycles. The predicted molar refractivity (Wildman–Crippen MR) is 154 cm³/mol. The molecule has 1 heteroatoms. The van der Waals surface area contributed by atoms with Crippen molar-refractivity contribution in [1.29, 1.82) is 0 Å². The summed E-state index contributed by atoms with van der Waals surface area (Å²) in [7, 11) is 0. The molecule has 5 atom stereocenters. The minimum absolute atomic E-state index is 0.259. The largest absolute Gasteiger partial charge is 0.206 e. The highest BCUT2D eigenvalue weighted by atomic mass is 19.1. The summed E-state index contributed by atoms with van der Waals surface area (Å²) in [6.45, 7) is 33.6. The normalized spacial score (nSPS) is 17.2. The van der Waals surface area contributed by atoms with Crippen molar-refractivity contribution >= 4 is 0 Å². The number of halogens is 1. The minimum atomic E-state index is -0.259. The summed E-state index contributed by atoms with van der Waals surface area (Å²) >= 11 is 0. The van der Waals surface area contributed by atoms with Crippen LogP contribution in [0.15, 0.2) is 84.3 Å². The van der Waals surface area contributed by atoms with E-state index in [0.717, 1.165) is 54.4 Å². The van der Waals surface area contributed by atoms with Crippen molar-refractivity contribution in [2.75, 3.05) is 0 Å². The monoisotopic (exact) mass is 468 g/mol. The molecule has 0 bridgehead atoms. The van der Waals surface area contributed by atoms with Crippen LogP contribution in [0, 0.1) is 29.6 Å². The molecule has 0 radical (unpaired) electrons. The fourth-order valence-corrected chi connectivity index (χ4v) is 3.62. The molecule has 192 valence electrons. The maximum atomic E-state index is 14.8. The Morgan fingerprint density at radius 1 is 0.765 bits per heavy atom. The summed E-state index contributed by atoms with van der Waals surface area (Å²) in [5.74, 6) is 2.30. The molecular formula is C33H53F. The smallest absolute Gasteiger partial charge is 0.130 e. The van der Waals surface area contributed by atoms with E-state index in [1.165, 1.54) is 6.42 Å². The van der Waals surface area contributed by atoms with Gasteiger partial charge in [0.2, 0.25) is 0 Å². The molecule has 0 spiro atoms. The lowest BCUT2D eigenvalue weighted by molar-refractivity contribution is 0.344. The van der Waals surface area contributed by atoms with Gasteiger partial charge in [-0.25, -0.2) is 4.39 Å². The van der Waals surface area contributed by atoms with E-state index in [1.807, 2.05) is 19.9 Å². The summed E-state index contributed by atoms with van der Waals surface area (Å²) < 4.78 is 14.8. The van der Waals surface area contributed by atoms with Gasteiger partial charge in [-0.05, 0) is 86.3 Å². The van der Waals surface area contributed by atoms with Crippen molar-refractivity contribution in [3.05, 3.63) is 84.3 Å². The second kappa shape index (κ2) is 16.7. The molecular weight excluding hydrogens is 415 g/mol. The quantitative estimate of drug-likeness (QED) is 0.186. The van der Waals surface area contributed by atoms with E-state index in [4.69, 9.17) is 0 Å². The van der Waals surface area contributed by atoms with E-state index in [1.54, 1.807) is 6.08 Å². The molecule has 34 heavy (non-hydrogen) atoms. The lowest BCUT2D eigenvalue weighted by Crippen LogP contribution is -2.09. The van der Waals surface area contributed by atoms with Gasteiger partial charge in [0.25, 0.3) is 0 Å². The van der Waals surface area contributed by atoms with Crippen molar-refractivity contribution in [3.8, 4) is 0 Å². The second-order valence-corrected chi connectivity index (χ2v) is 10.8. The van der Waals surface area contributed by atoms with Crippen molar-refractivity contribution in [2.45, 2.75) is 93.9 Å². The molecule has 0 aliphatic carbocycles. The van der Waals surface area contributed by atoms with E-state index < -0.39 is 0 Å². The molecule has 0 aromatic heterocycles. The van der Waals surface area contributed by atoms with Crippen LogP contribution in [0.2, 0.25) is 0 Å². The van der Waals surface area contributed by atoms with Gasteiger partial charge >= 0.3 is 0 Å². The zero-order valence-corrected chi connectivity index (χ0v) is 23.6. The molecule has 0 saturated carbocycles. The number of allylic oxidation sites excluding steroid dienone is 10. The third-order valence-electron chi connectivity index (χ3n) is 7.54. The molecule has 0 saturated heterocycles. The molecule has 0 heterocycles. The Balaban J connectivity index is 4.76. The van der Waals surface area contributed by atoms with E-state index in [0.29, 0.717) is 29.2 Å². The number of hydrogen-bond donors (Lipinski definition) is 0. The van der Waals surface area contributed by atoms with E-state index in [-0.39, 0.29) is 11.7 Å². The zero-order chi connectivity index (χ0) is 26.4. The molecule has 0 N–H and O–H groups in total. The topological polar surface area (TPSA) is 0 Å². The fourth-order valence-electron chi connectivity index (χ4n) is 3.62. The third-order valence-corrected chi connectivity index (χ3v) is 7.54. The van der Waals surface area contributed by atoms with Crippen LogP contribution >= 0.6 is 0 Å². The molecule has 0 fully saturated rings. The Kier molecular flexibility index (Phi) is 15.8. The van der Waals surface area contributed by atoms with Crippen LogP contribution in [0.1, 0.15) is 93.9 Å². The number of rotatable bonds is 17. The molecule has 0 aromatic rings. The molecule has 0 nitrogen and oxygen atoms in total. The van der Waals surface area contributed by atoms with Crippen molar-refractivity contribution in [3.63, 3.8) is 0 Å². The number of hydrogen-bond acceptors (Lipinski definition) is 0. The Morgan fingerprint density at radius 2 is 1.32 bits per heavy atom. The van der Waals surface area contributed by atoms with Crippen LogP contribution in [0.5, 0.6) is 0 Å². The molecule has 5 unspecified atom stereocenters. The molecule has 0 aliphatic rings. The van der Waals surface area contributed by atoms with Crippen LogP contribution in [0.25, 0.3) is 0 Å². The highest BCUT2D eigenvalue weighted by Gasteiger charge is 2.15. The van der Waals surface area contributed by atoms with Crippen LogP contribution < -0.4 is 0 Å². The van der Waals surface area contributed by atoms with Gasteiger partial charge in [-0.1, -0.05) is 110 Å². The Morgan fingerprint density at radius 3 is 1.88 bits per heavy atom. The Bertz CT molecular complexity index is 772. The fraction of sp³-hybridized carbons (Fsp3) is 0.576. The standard InChI is InChI=1S/C33H53F/c1-13-24(4)15-17-29(9)31(11)22-33(34)32(12)30(10)21-20-28(8)27(7)19-18-26(6)25(5)16-14-23(2)3/h14,16,21-22,24,26-29H,2,5,11-13,15,17-20H2,1,3-4,6-10H3/b16-14-,30-21+,33-22+. The van der Waals surface area contributed by atoms with Gasteiger partial charge in [-0.2, -0.15) is 0 Å². The van der Waals surface area contributed by atoms with Crippen molar-refractivity contribution in [1.82, 2.24) is 0 Å². The lowest BCUT2D eigenvalue weighted by Gasteiger charge is -2.21. The van der Waals surface area contributed by atoms with Gasteiger partial charge in [0.15, 0.2) is 0 Å². The summed E-state index contributed by atoms with van der Waals surface area (Å²) in [5, 5.41) is 0. The second-order valence-electron chi connectivity index (χ2n) is 10.8. The first-order valence-corrected chi connectivity index (χ1v) is 13.2. The van der Waals surface area contributed by atoms with E-state index in [9.17, 15) is 4.39 Å². The third kappa shape index (κ3) is 13.1. The predicted octanol–water partition coefficient (Wildman–Crippen LogP) is 11.1. The molecule has 0 rings (SSSR count). The minimum Gasteiger partial charge on any atom is -0.206 e. The average molecular weight is 469 g/mol. The first-order chi connectivity index (χ1) is 15.8. The zero-order valence-electron chi connectivity index (χ0n) is 23.6. The van der Waals surface area contributed by atoms with Gasteiger partial charge < -0.3 is 0 Å². The SMILES string of the molecule is C=C(C)/C=C\C(=C)C(C)CCC(C)C(C)C/C=C(\C)C(=C)/C(F)=C\C(=C)C(C)CCC(C)CC. The summed E-state index contributed by atoms with van der Waals surface area (Å²) in [6.07, 6.45) is 14.4. The van der Waals surface area contributed by atoms with Gasteiger partial charge in [0, 0.05) is 5.57 Å². The maximum Gasteiger partial charge on any atom is 0.130 e. The summed E-state index contributed by atoms with van der Waals surface area (Å²) in [4.78, 5) is 0. The highest BCUT2D eigenvalue weighted by molar-refractivity contribution is 5.43. The van der Waals surface area contributed by atoms with Gasteiger partial charge in [0.05, 0.1) is 0 Å². The Hall–Kier alpha value is -1.89. The van der Waals surface area contributed by atoms with Crippen LogP contribution in [-0.2, 0) is 0 Å². The van der Waals surface area contributed by atoms with Gasteiger partial charge in [-0.3, -0.25) is 0 Å². The first-order valence-electron chi connectivity index (χ1n) is 13.2. The van der Waals surface area contributed by atoms with Gasteiger partial charge in [0.1, 0.15) is 5.83 Å². The maximum absolute atomic E-state index is 14.8. The van der Waals surface area contributed by atoms with Crippen LogP contribution in [-0.4, -0.2) is 0 Å². The first kappa shape index (κ1) is 32.1. The lowest BCUT2D eigenvalue weighted by atomic mass is 9.84. The molecule has 0 aromatic carbocycles. The van der Waals surface area contributed by atoms with Crippen LogP contribution in [0.4, 0.5) is 4.39 Å². The van der Waals surface area contributed by atoms with E-state index in [2.05, 4.69) is 80.0 Å². The van der Waals surface area contributed by atoms with E-state index >= 15 is 0 Å².